The Morgan fingerprint density at radius 3 is 2.71 bits per heavy atom. The fraction of sp³-hybridized carbons (Fsp3) is 0.636. The van der Waals surface area contributed by atoms with Crippen LogP contribution in [0, 0.1) is 12.8 Å². The minimum absolute atomic E-state index is 0.423. The molecule has 1 unspecified atom stereocenters. The molecule has 1 fully saturated rings. The Balaban J connectivity index is 1.95. The second-order valence-electron chi connectivity index (χ2n) is 4.13. The molecule has 1 aliphatic carbocycles. The molecule has 0 aliphatic heterocycles. The van der Waals surface area contributed by atoms with Gasteiger partial charge in [-0.25, -0.2) is 0 Å². The van der Waals surface area contributed by atoms with Crippen LogP contribution in [0.4, 0.5) is 0 Å². The summed E-state index contributed by atoms with van der Waals surface area (Å²) in [6, 6.07) is 0. The molecule has 0 amide bonds. The van der Waals surface area contributed by atoms with Gasteiger partial charge in [0.25, 0.3) is 0 Å². The van der Waals surface area contributed by atoms with Crippen LogP contribution in [0.5, 0.6) is 0 Å². The molecule has 1 aromatic heterocycles. The highest BCUT2D eigenvalue weighted by atomic mass is 16.3. The summed E-state index contributed by atoms with van der Waals surface area (Å²) in [6.07, 6.45) is 7.65. The first-order valence-electron chi connectivity index (χ1n) is 5.22. The van der Waals surface area contributed by atoms with E-state index in [1.807, 2.05) is 6.92 Å². The number of nitrogens with zero attached hydrogens (tertiary/aromatic N) is 2. The average Bonchev–Trinajstić information content (AvgIpc) is 2.12. The van der Waals surface area contributed by atoms with E-state index in [1.54, 1.807) is 12.4 Å². The van der Waals surface area contributed by atoms with Crippen LogP contribution >= 0.6 is 0 Å². The van der Waals surface area contributed by atoms with Crippen molar-refractivity contribution in [3.8, 4) is 0 Å². The van der Waals surface area contributed by atoms with Crippen LogP contribution in [-0.4, -0.2) is 15.1 Å². The molecule has 1 N–H and O–H groups in total. The van der Waals surface area contributed by atoms with Crippen LogP contribution in [0.25, 0.3) is 0 Å². The summed E-state index contributed by atoms with van der Waals surface area (Å²) in [4.78, 5) is 8.31. The van der Waals surface area contributed by atoms with Crippen molar-refractivity contribution >= 4 is 0 Å². The van der Waals surface area contributed by atoms with E-state index in [4.69, 9.17) is 0 Å². The summed E-state index contributed by atoms with van der Waals surface area (Å²) in [5.41, 5.74) is 1.60. The number of aromatic nitrogens is 2. The Kier molecular flexibility index (Phi) is 2.77. The van der Waals surface area contributed by atoms with Crippen LogP contribution < -0.4 is 0 Å². The van der Waals surface area contributed by atoms with Gasteiger partial charge in [-0.05, 0) is 19.3 Å². The van der Waals surface area contributed by atoms with Gasteiger partial charge in [-0.3, -0.25) is 9.97 Å². The topological polar surface area (TPSA) is 46.0 Å². The number of aliphatic hydroxyl groups excluding tert-OH is 1. The second-order valence-corrected chi connectivity index (χ2v) is 4.13. The van der Waals surface area contributed by atoms with Crippen LogP contribution in [0.1, 0.15) is 43.2 Å². The Labute approximate surface area is 84.2 Å². The van der Waals surface area contributed by atoms with Gasteiger partial charge in [-0.15, -0.1) is 0 Å². The fourth-order valence-corrected chi connectivity index (χ4v) is 1.74. The third-order valence-corrected chi connectivity index (χ3v) is 2.92. The van der Waals surface area contributed by atoms with Crippen molar-refractivity contribution in [1.29, 1.82) is 0 Å². The summed E-state index contributed by atoms with van der Waals surface area (Å²) in [7, 11) is 0. The summed E-state index contributed by atoms with van der Waals surface area (Å²) in [5, 5.41) is 9.84. The predicted molar refractivity (Wildman–Crippen MR) is 53.7 cm³/mol. The molecule has 76 valence electrons. The zero-order valence-corrected chi connectivity index (χ0v) is 8.48. The van der Waals surface area contributed by atoms with E-state index in [0.717, 1.165) is 12.1 Å². The van der Waals surface area contributed by atoms with Crippen molar-refractivity contribution in [1.82, 2.24) is 9.97 Å². The van der Waals surface area contributed by atoms with Crippen LogP contribution in [0.2, 0.25) is 0 Å². The van der Waals surface area contributed by atoms with Gasteiger partial charge < -0.3 is 5.11 Å². The van der Waals surface area contributed by atoms with Crippen LogP contribution in [0.15, 0.2) is 12.4 Å². The highest BCUT2D eigenvalue weighted by molar-refractivity contribution is 5.04. The van der Waals surface area contributed by atoms with E-state index < -0.39 is 6.10 Å². The lowest BCUT2D eigenvalue weighted by molar-refractivity contribution is 0.114. The normalized spacial score (nSPS) is 19.0. The largest absolute Gasteiger partial charge is 0.387 e. The van der Waals surface area contributed by atoms with E-state index in [-0.39, 0.29) is 0 Å². The molecule has 0 saturated heterocycles. The molecule has 0 spiro atoms. The smallest absolute Gasteiger partial charge is 0.0978 e. The molecule has 3 heteroatoms. The quantitative estimate of drug-likeness (QED) is 0.796. The maximum absolute atomic E-state index is 9.84. The van der Waals surface area contributed by atoms with Crippen LogP contribution in [0.3, 0.4) is 0 Å². The number of rotatable bonds is 3. The van der Waals surface area contributed by atoms with Gasteiger partial charge in [0.1, 0.15) is 0 Å². The van der Waals surface area contributed by atoms with Crippen molar-refractivity contribution in [2.45, 2.75) is 38.7 Å². The van der Waals surface area contributed by atoms with E-state index >= 15 is 0 Å². The maximum Gasteiger partial charge on any atom is 0.0978 e. The van der Waals surface area contributed by atoms with Gasteiger partial charge in [0.2, 0.25) is 0 Å². The molecule has 2 rings (SSSR count). The molecule has 1 aromatic rings. The number of aryl methyl sites for hydroxylation is 1. The third kappa shape index (κ3) is 2.10. The summed E-state index contributed by atoms with van der Waals surface area (Å²) < 4.78 is 0. The predicted octanol–water partition coefficient (Wildman–Crippen LogP) is 2.01. The zero-order valence-electron chi connectivity index (χ0n) is 8.48. The van der Waals surface area contributed by atoms with Gasteiger partial charge >= 0.3 is 0 Å². The number of hydrogen-bond acceptors (Lipinski definition) is 3. The molecule has 1 aliphatic rings. The van der Waals surface area contributed by atoms with Gasteiger partial charge in [-0.1, -0.05) is 19.3 Å². The van der Waals surface area contributed by atoms with E-state index in [9.17, 15) is 5.11 Å². The van der Waals surface area contributed by atoms with Crippen molar-refractivity contribution in [3.05, 3.63) is 23.8 Å². The molecule has 3 nitrogen and oxygen atoms in total. The molecule has 1 heterocycles. The van der Waals surface area contributed by atoms with Crippen molar-refractivity contribution in [2.75, 3.05) is 0 Å². The lowest BCUT2D eigenvalue weighted by Gasteiger charge is -2.27. The van der Waals surface area contributed by atoms with Gasteiger partial charge in [0.05, 0.1) is 23.7 Å². The molecule has 1 saturated carbocycles. The highest BCUT2D eigenvalue weighted by Gasteiger charge is 2.22. The summed E-state index contributed by atoms with van der Waals surface area (Å²) >= 11 is 0. The monoisotopic (exact) mass is 192 g/mol. The number of hydrogen-bond donors (Lipinski definition) is 1. The van der Waals surface area contributed by atoms with Gasteiger partial charge in [0, 0.05) is 6.20 Å². The fourth-order valence-electron chi connectivity index (χ4n) is 1.74. The minimum atomic E-state index is -0.423. The molecule has 14 heavy (non-hydrogen) atoms. The summed E-state index contributed by atoms with van der Waals surface area (Å²) in [5.74, 6) is 0.702. The molecule has 0 bridgehead atoms. The first kappa shape index (κ1) is 9.59. The zero-order chi connectivity index (χ0) is 9.97. The highest BCUT2D eigenvalue weighted by Crippen LogP contribution is 2.33. The second kappa shape index (κ2) is 4.05. The Morgan fingerprint density at radius 1 is 1.43 bits per heavy atom. The summed E-state index contributed by atoms with van der Waals surface area (Å²) in [6.45, 7) is 1.90. The standard InChI is InChI=1S/C11H16N2O/c1-8-6-13-10(7-12-8)11(14)5-9-3-2-4-9/h6-7,9,11,14H,2-5H2,1H3. The van der Waals surface area contributed by atoms with Gasteiger partial charge in [0.15, 0.2) is 0 Å². The Hall–Kier alpha value is -0.960. The van der Waals surface area contributed by atoms with Gasteiger partial charge in [-0.2, -0.15) is 0 Å². The first-order chi connectivity index (χ1) is 6.75. The Bertz CT molecular complexity index is 293. The minimum Gasteiger partial charge on any atom is -0.387 e. The number of aliphatic hydroxyl groups is 1. The molecule has 0 radical (unpaired) electrons. The molecule has 1 atom stereocenters. The van der Waals surface area contributed by atoms with E-state index in [0.29, 0.717) is 11.6 Å². The van der Waals surface area contributed by atoms with Crippen molar-refractivity contribution in [2.24, 2.45) is 5.92 Å². The van der Waals surface area contributed by atoms with Crippen LogP contribution in [-0.2, 0) is 0 Å². The molecular weight excluding hydrogens is 176 g/mol. The lowest BCUT2D eigenvalue weighted by atomic mass is 9.81. The Morgan fingerprint density at radius 2 is 2.21 bits per heavy atom. The maximum atomic E-state index is 9.84. The average molecular weight is 192 g/mol. The van der Waals surface area contributed by atoms with E-state index in [1.165, 1.54) is 19.3 Å². The first-order valence-corrected chi connectivity index (χ1v) is 5.22. The third-order valence-electron chi connectivity index (χ3n) is 2.92. The lowest BCUT2D eigenvalue weighted by Crippen LogP contribution is -2.15. The molecule has 0 aromatic carbocycles. The molecular formula is C11H16N2O. The van der Waals surface area contributed by atoms with E-state index in [2.05, 4.69) is 9.97 Å². The van der Waals surface area contributed by atoms with Crippen molar-refractivity contribution in [3.63, 3.8) is 0 Å². The SMILES string of the molecule is Cc1cnc(C(O)CC2CCC2)cn1. The van der Waals surface area contributed by atoms with Crippen molar-refractivity contribution < 1.29 is 5.11 Å².